The summed E-state index contributed by atoms with van der Waals surface area (Å²) in [4.78, 5) is 21.6. The van der Waals surface area contributed by atoms with Crippen molar-refractivity contribution < 1.29 is 19.4 Å². The Balaban J connectivity index is 3.82. The number of hydrogen-bond donors (Lipinski definition) is 2. The maximum Gasteiger partial charge on any atom is 0.407 e. The van der Waals surface area contributed by atoms with E-state index in [1.807, 2.05) is 0 Å². The molecule has 5 nitrogen and oxygen atoms in total. The van der Waals surface area contributed by atoms with E-state index in [-0.39, 0.29) is 12.6 Å². The Morgan fingerprint density at radius 2 is 2.13 bits per heavy atom. The molecule has 86 valence electrons. The lowest BCUT2D eigenvalue weighted by molar-refractivity contribution is -0.141. The summed E-state index contributed by atoms with van der Waals surface area (Å²) in [5.74, 6) is -1.36. The van der Waals surface area contributed by atoms with Crippen LogP contribution in [0.1, 0.15) is 20.3 Å². The van der Waals surface area contributed by atoms with E-state index in [0.29, 0.717) is 6.42 Å². The fourth-order valence-electron chi connectivity index (χ4n) is 1.07. The SMILES string of the molecule is C=CCOC(=O)NC(C)CC(C)C(=O)O. The number of alkyl carbamates (subject to hydrolysis) is 1. The van der Waals surface area contributed by atoms with Crippen molar-refractivity contribution in [1.29, 1.82) is 0 Å². The smallest absolute Gasteiger partial charge is 0.407 e. The zero-order valence-electron chi connectivity index (χ0n) is 9.03. The third-order valence-corrected chi connectivity index (χ3v) is 1.83. The predicted molar refractivity (Wildman–Crippen MR) is 55.6 cm³/mol. The summed E-state index contributed by atoms with van der Waals surface area (Å²) in [5.41, 5.74) is 0. The Hall–Kier alpha value is -1.52. The van der Waals surface area contributed by atoms with Crippen molar-refractivity contribution in [3.05, 3.63) is 12.7 Å². The van der Waals surface area contributed by atoms with Crippen molar-refractivity contribution in [3.8, 4) is 0 Å². The summed E-state index contributed by atoms with van der Waals surface area (Å²) in [6, 6.07) is -0.228. The molecule has 0 radical (unpaired) electrons. The highest BCUT2D eigenvalue weighted by molar-refractivity contribution is 5.70. The second kappa shape index (κ2) is 6.86. The molecular weight excluding hydrogens is 198 g/mol. The number of carboxylic acid groups (broad SMARTS) is 1. The number of nitrogens with one attached hydrogen (secondary N) is 1. The van der Waals surface area contributed by atoms with Crippen LogP contribution in [0.25, 0.3) is 0 Å². The van der Waals surface area contributed by atoms with Crippen molar-refractivity contribution in [2.45, 2.75) is 26.3 Å². The van der Waals surface area contributed by atoms with Crippen molar-refractivity contribution >= 4 is 12.1 Å². The number of ether oxygens (including phenoxy) is 1. The Kier molecular flexibility index (Phi) is 6.17. The molecule has 0 aromatic heterocycles. The van der Waals surface area contributed by atoms with Crippen molar-refractivity contribution in [3.63, 3.8) is 0 Å². The minimum Gasteiger partial charge on any atom is -0.481 e. The lowest BCUT2D eigenvalue weighted by Crippen LogP contribution is -2.35. The Labute approximate surface area is 89.1 Å². The van der Waals surface area contributed by atoms with Gasteiger partial charge >= 0.3 is 12.1 Å². The molecule has 2 atom stereocenters. The van der Waals surface area contributed by atoms with Crippen LogP contribution in [0.5, 0.6) is 0 Å². The molecule has 0 saturated carbocycles. The fourth-order valence-corrected chi connectivity index (χ4v) is 1.07. The van der Waals surface area contributed by atoms with Crippen molar-refractivity contribution in [1.82, 2.24) is 5.32 Å². The maximum atomic E-state index is 11.0. The first-order valence-electron chi connectivity index (χ1n) is 4.74. The summed E-state index contributed by atoms with van der Waals surface area (Å²) < 4.78 is 4.69. The van der Waals surface area contributed by atoms with E-state index in [1.165, 1.54) is 6.08 Å². The molecule has 0 fully saturated rings. The largest absolute Gasteiger partial charge is 0.481 e. The second-order valence-electron chi connectivity index (χ2n) is 3.41. The lowest BCUT2D eigenvalue weighted by Gasteiger charge is -2.15. The molecule has 0 aliphatic rings. The van der Waals surface area contributed by atoms with Crippen LogP contribution in [-0.4, -0.2) is 29.8 Å². The molecule has 0 bridgehead atoms. The zero-order valence-corrected chi connectivity index (χ0v) is 9.03. The topological polar surface area (TPSA) is 75.6 Å². The first kappa shape index (κ1) is 13.5. The number of hydrogen-bond acceptors (Lipinski definition) is 3. The Morgan fingerprint density at radius 3 is 2.60 bits per heavy atom. The molecule has 0 aliphatic heterocycles. The van der Waals surface area contributed by atoms with Crippen LogP contribution in [0.3, 0.4) is 0 Å². The van der Waals surface area contributed by atoms with Crippen molar-refractivity contribution in [2.75, 3.05) is 6.61 Å². The number of aliphatic carboxylic acids is 1. The monoisotopic (exact) mass is 215 g/mol. The highest BCUT2D eigenvalue weighted by Crippen LogP contribution is 2.05. The minimum atomic E-state index is -0.872. The van der Waals surface area contributed by atoms with Gasteiger partial charge in [-0.2, -0.15) is 0 Å². The van der Waals surface area contributed by atoms with Gasteiger partial charge in [-0.1, -0.05) is 19.6 Å². The second-order valence-corrected chi connectivity index (χ2v) is 3.41. The highest BCUT2D eigenvalue weighted by atomic mass is 16.5. The molecule has 0 saturated heterocycles. The van der Waals surface area contributed by atoms with E-state index in [2.05, 4.69) is 16.6 Å². The molecule has 15 heavy (non-hydrogen) atoms. The molecule has 0 spiro atoms. The average Bonchev–Trinajstić information content (AvgIpc) is 2.14. The van der Waals surface area contributed by atoms with Crippen LogP contribution in [0.4, 0.5) is 4.79 Å². The Morgan fingerprint density at radius 1 is 1.53 bits per heavy atom. The van der Waals surface area contributed by atoms with Gasteiger partial charge in [0.2, 0.25) is 0 Å². The normalized spacial score (nSPS) is 13.7. The molecule has 0 aromatic carbocycles. The lowest BCUT2D eigenvalue weighted by atomic mass is 10.0. The average molecular weight is 215 g/mol. The molecule has 2 N–H and O–H groups in total. The van der Waals surface area contributed by atoms with Gasteiger partial charge in [0.05, 0.1) is 5.92 Å². The molecule has 0 heterocycles. The zero-order chi connectivity index (χ0) is 11.8. The number of rotatable bonds is 6. The summed E-state index contributed by atoms with van der Waals surface area (Å²) >= 11 is 0. The van der Waals surface area contributed by atoms with Gasteiger partial charge in [-0.15, -0.1) is 0 Å². The van der Waals surface area contributed by atoms with E-state index < -0.39 is 18.0 Å². The quantitative estimate of drug-likeness (QED) is 0.656. The number of amides is 1. The summed E-state index contributed by atoms with van der Waals surface area (Å²) in [6.45, 7) is 6.87. The van der Waals surface area contributed by atoms with E-state index in [9.17, 15) is 9.59 Å². The first-order valence-corrected chi connectivity index (χ1v) is 4.74. The van der Waals surface area contributed by atoms with Crippen LogP contribution in [0.15, 0.2) is 12.7 Å². The molecule has 0 aromatic rings. The molecule has 2 unspecified atom stereocenters. The first-order chi connectivity index (χ1) is 6.97. The number of carbonyl (C=O) groups excluding carboxylic acids is 1. The predicted octanol–water partition coefficient (Wildman–Crippen LogP) is 1.40. The van der Waals surface area contributed by atoms with Gasteiger partial charge in [-0.25, -0.2) is 4.79 Å². The van der Waals surface area contributed by atoms with Gasteiger partial charge < -0.3 is 15.2 Å². The molecular formula is C10H17NO4. The molecule has 5 heteroatoms. The summed E-state index contributed by atoms with van der Waals surface area (Å²) in [7, 11) is 0. The van der Waals surface area contributed by atoms with Crippen LogP contribution in [0.2, 0.25) is 0 Å². The van der Waals surface area contributed by atoms with Crippen LogP contribution in [-0.2, 0) is 9.53 Å². The maximum absolute atomic E-state index is 11.0. The van der Waals surface area contributed by atoms with Gasteiger partial charge in [0, 0.05) is 6.04 Å². The van der Waals surface area contributed by atoms with E-state index in [4.69, 9.17) is 5.11 Å². The number of carbonyl (C=O) groups is 2. The van der Waals surface area contributed by atoms with E-state index >= 15 is 0 Å². The third-order valence-electron chi connectivity index (χ3n) is 1.83. The van der Waals surface area contributed by atoms with Crippen LogP contribution in [0, 0.1) is 5.92 Å². The van der Waals surface area contributed by atoms with Crippen molar-refractivity contribution in [2.24, 2.45) is 5.92 Å². The van der Waals surface area contributed by atoms with Crippen LogP contribution < -0.4 is 5.32 Å². The van der Waals surface area contributed by atoms with E-state index in [0.717, 1.165) is 0 Å². The van der Waals surface area contributed by atoms with Gasteiger partial charge in [0.25, 0.3) is 0 Å². The fraction of sp³-hybridized carbons (Fsp3) is 0.600. The molecule has 0 rings (SSSR count). The molecule has 1 amide bonds. The van der Waals surface area contributed by atoms with Gasteiger partial charge in [0.1, 0.15) is 6.61 Å². The van der Waals surface area contributed by atoms with Crippen LogP contribution >= 0.6 is 0 Å². The van der Waals surface area contributed by atoms with Gasteiger partial charge in [-0.3, -0.25) is 4.79 Å². The standard InChI is InChI=1S/C10H17NO4/c1-4-5-15-10(14)11-8(3)6-7(2)9(12)13/h4,7-8H,1,5-6H2,2-3H3,(H,11,14)(H,12,13). The minimum absolute atomic E-state index is 0.146. The molecule has 0 aliphatic carbocycles. The Bertz CT molecular complexity index is 240. The third kappa shape index (κ3) is 6.54. The van der Waals surface area contributed by atoms with Gasteiger partial charge in [0.15, 0.2) is 0 Å². The highest BCUT2D eigenvalue weighted by Gasteiger charge is 2.16. The van der Waals surface area contributed by atoms with E-state index in [1.54, 1.807) is 13.8 Å². The summed E-state index contributed by atoms with van der Waals surface area (Å²) in [6.07, 6.45) is 1.28. The van der Waals surface area contributed by atoms with Gasteiger partial charge in [-0.05, 0) is 13.3 Å². The number of carboxylic acids is 1. The summed E-state index contributed by atoms with van der Waals surface area (Å²) in [5, 5.41) is 11.2.